The molecule has 0 amide bonds. The quantitative estimate of drug-likeness (QED) is 0.932. The molecule has 0 saturated carbocycles. The number of pyridine rings is 1. The Morgan fingerprint density at radius 1 is 1.42 bits per heavy atom. The molecule has 3 rings (SSSR count). The third kappa shape index (κ3) is 3.26. The second-order valence-electron chi connectivity index (χ2n) is 6.40. The molecule has 0 bridgehead atoms. The predicted molar refractivity (Wildman–Crippen MR) is 91.9 cm³/mol. The summed E-state index contributed by atoms with van der Waals surface area (Å²) in [5.74, 6) is 1.13. The number of hydrogen-bond donors (Lipinski definition) is 1. The van der Waals surface area contributed by atoms with E-state index in [0.29, 0.717) is 18.0 Å². The second-order valence-corrected chi connectivity index (χ2v) is 6.40. The van der Waals surface area contributed by atoms with E-state index in [4.69, 9.17) is 5.11 Å². The molecular weight excluding hydrogens is 302 g/mol. The molecule has 0 unspecified atom stereocenters. The van der Waals surface area contributed by atoms with Gasteiger partial charge in [-0.25, -0.2) is 4.98 Å². The number of aliphatic hydroxyl groups is 1. The maximum absolute atomic E-state index is 9.51. The minimum Gasteiger partial charge on any atom is -0.394 e. The van der Waals surface area contributed by atoms with E-state index in [9.17, 15) is 5.26 Å². The number of piperidine rings is 1. The van der Waals surface area contributed by atoms with Crippen molar-refractivity contribution in [1.29, 1.82) is 5.26 Å². The molecule has 0 aliphatic carbocycles. The van der Waals surface area contributed by atoms with Gasteiger partial charge in [-0.15, -0.1) is 0 Å². The van der Waals surface area contributed by atoms with Gasteiger partial charge in [0.05, 0.1) is 24.4 Å². The van der Waals surface area contributed by atoms with Crippen molar-refractivity contribution in [3.63, 3.8) is 0 Å². The number of nitrogens with zero attached hydrogens (tertiary/aromatic N) is 5. The number of aromatic nitrogens is 3. The summed E-state index contributed by atoms with van der Waals surface area (Å²) in [6.07, 6.45) is 4.05. The summed E-state index contributed by atoms with van der Waals surface area (Å²) in [5, 5.41) is 23.1. The molecule has 1 N–H and O–H groups in total. The molecule has 0 aromatic carbocycles. The number of aliphatic hydroxyl groups excluding tert-OH is 1. The second kappa shape index (κ2) is 7.02. The monoisotopic (exact) mass is 325 g/mol. The first-order chi connectivity index (χ1) is 11.6. The molecule has 1 atom stereocenters. The number of hydrogen-bond acceptors (Lipinski definition) is 5. The molecule has 1 fully saturated rings. The minimum atomic E-state index is 0.0932. The summed E-state index contributed by atoms with van der Waals surface area (Å²) < 4.78 is 1.78. The molecule has 0 spiro atoms. The van der Waals surface area contributed by atoms with Crippen LogP contribution in [0.1, 0.15) is 41.3 Å². The lowest BCUT2D eigenvalue weighted by Crippen LogP contribution is -2.36. The van der Waals surface area contributed by atoms with Crippen LogP contribution in [-0.4, -0.2) is 39.6 Å². The maximum Gasteiger partial charge on any atom is 0.147 e. The highest BCUT2D eigenvalue weighted by molar-refractivity contribution is 5.58. The molecule has 24 heavy (non-hydrogen) atoms. The van der Waals surface area contributed by atoms with Crippen LogP contribution in [0.4, 0.5) is 5.82 Å². The summed E-state index contributed by atoms with van der Waals surface area (Å²) in [7, 11) is 0. The first-order valence-electron chi connectivity index (χ1n) is 8.40. The van der Waals surface area contributed by atoms with Crippen molar-refractivity contribution in [3.05, 3.63) is 40.8 Å². The number of aryl methyl sites for hydroxylation is 2. The van der Waals surface area contributed by atoms with Crippen LogP contribution in [0.15, 0.2) is 18.3 Å². The molecule has 1 aliphatic rings. The first kappa shape index (κ1) is 16.5. The molecule has 3 heterocycles. The van der Waals surface area contributed by atoms with Gasteiger partial charge in [-0.1, -0.05) is 0 Å². The summed E-state index contributed by atoms with van der Waals surface area (Å²) in [5.41, 5.74) is 3.65. The maximum atomic E-state index is 9.51. The average Bonchev–Trinajstić information content (AvgIpc) is 3.03. The highest BCUT2D eigenvalue weighted by Gasteiger charge is 2.26. The summed E-state index contributed by atoms with van der Waals surface area (Å²) in [4.78, 5) is 6.86. The lowest BCUT2D eigenvalue weighted by Gasteiger charge is -2.33. The molecule has 6 nitrogen and oxygen atoms in total. The Morgan fingerprint density at radius 3 is 3.00 bits per heavy atom. The number of rotatable bonds is 4. The van der Waals surface area contributed by atoms with Gasteiger partial charge in [0, 0.05) is 30.9 Å². The van der Waals surface area contributed by atoms with Crippen molar-refractivity contribution in [2.45, 2.75) is 39.2 Å². The Bertz CT molecular complexity index is 761. The van der Waals surface area contributed by atoms with Gasteiger partial charge in [0.2, 0.25) is 0 Å². The van der Waals surface area contributed by atoms with Gasteiger partial charge < -0.3 is 10.0 Å². The van der Waals surface area contributed by atoms with Crippen molar-refractivity contribution >= 4 is 5.82 Å². The average molecular weight is 325 g/mol. The van der Waals surface area contributed by atoms with Crippen LogP contribution in [0, 0.1) is 25.2 Å². The van der Waals surface area contributed by atoms with Crippen LogP contribution in [0.5, 0.6) is 0 Å². The topological polar surface area (TPSA) is 78.0 Å². The normalized spacial score (nSPS) is 17.8. The van der Waals surface area contributed by atoms with Crippen molar-refractivity contribution in [3.8, 4) is 6.07 Å². The van der Waals surface area contributed by atoms with Gasteiger partial charge in [0.25, 0.3) is 0 Å². The van der Waals surface area contributed by atoms with Gasteiger partial charge in [-0.3, -0.25) is 4.68 Å². The van der Waals surface area contributed by atoms with Gasteiger partial charge in [0.1, 0.15) is 11.9 Å². The third-order valence-corrected chi connectivity index (χ3v) is 4.57. The van der Waals surface area contributed by atoms with Gasteiger partial charge in [-0.05, 0) is 44.4 Å². The predicted octanol–water partition coefficient (Wildman–Crippen LogP) is 2.14. The van der Waals surface area contributed by atoms with Crippen LogP contribution in [-0.2, 0) is 6.54 Å². The standard InChI is InChI=1S/C18H23N5O/c1-13-10-14(2)20-18(16(13)11-19)22-6-3-4-15(12-22)17-5-7-23(21-17)8-9-24/h5,7,10,15,24H,3-4,6,8-9,12H2,1-2H3/t15-/m1/s1. The van der Waals surface area contributed by atoms with Crippen molar-refractivity contribution in [2.24, 2.45) is 0 Å². The van der Waals surface area contributed by atoms with E-state index in [1.54, 1.807) is 4.68 Å². The fraction of sp³-hybridized carbons (Fsp3) is 0.500. The van der Waals surface area contributed by atoms with Crippen LogP contribution < -0.4 is 4.90 Å². The van der Waals surface area contributed by atoms with Crippen LogP contribution in [0.25, 0.3) is 0 Å². The Labute approximate surface area is 142 Å². The lowest BCUT2D eigenvalue weighted by atomic mass is 9.94. The molecule has 1 saturated heterocycles. The van der Waals surface area contributed by atoms with Gasteiger partial charge in [-0.2, -0.15) is 10.4 Å². The Kier molecular flexibility index (Phi) is 4.81. The molecule has 2 aromatic heterocycles. The lowest BCUT2D eigenvalue weighted by molar-refractivity contribution is 0.268. The van der Waals surface area contributed by atoms with Crippen molar-refractivity contribution < 1.29 is 5.11 Å². The molecule has 6 heteroatoms. The SMILES string of the molecule is Cc1cc(C)c(C#N)c(N2CCC[C@@H](c3ccn(CCO)n3)C2)n1. The highest BCUT2D eigenvalue weighted by Crippen LogP contribution is 2.31. The highest BCUT2D eigenvalue weighted by atomic mass is 16.3. The van der Waals surface area contributed by atoms with Crippen molar-refractivity contribution in [2.75, 3.05) is 24.6 Å². The molecule has 2 aromatic rings. The fourth-order valence-corrected chi connectivity index (χ4v) is 3.42. The van der Waals surface area contributed by atoms with E-state index in [2.05, 4.69) is 21.1 Å². The van der Waals surface area contributed by atoms with Gasteiger partial charge in [0.15, 0.2) is 0 Å². The van der Waals surface area contributed by atoms with E-state index in [1.807, 2.05) is 32.2 Å². The minimum absolute atomic E-state index is 0.0932. The van der Waals surface area contributed by atoms with Gasteiger partial charge >= 0.3 is 0 Å². The molecular formula is C18H23N5O. The first-order valence-corrected chi connectivity index (χ1v) is 8.40. The third-order valence-electron chi connectivity index (χ3n) is 4.57. The fourth-order valence-electron chi connectivity index (χ4n) is 3.42. The zero-order valence-electron chi connectivity index (χ0n) is 14.2. The number of nitriles is 1. The zero-order chi connectivity index (χ0) is 17.1. The van der Waals surface area contributed by atoms with E-state index in [1.165, 1.54) is 0 Å². The summed E-state index contributed by atoms with van der Waals surface area (Å²) in [6, 6.07) is 6.30. The molecule has 126 valence electrons. The molecule has 0 radical (unpaired) electrons. The molecule has 1 aliphatic heterocycles. The largest absolute Gasteiger partial charge is 0.394 e. The summed E-state index contributed by atoms with van der Waals surface area (Å²) in [6.45, 7) is 6.28. The van der Waals surface area contributed by atoms with E-state index < -0.39 is 0 Å². The van der Waals surface area contributed by atoms with Crippen molar-refractivity contribution in [1.82, 2.24) is 14.8 Å². The van der Waals surface area contributed by atoms with E-state index in [-0.39, 0.29) is 6.61 Å². The number of anilines is 1. The Hall–Kier alpha value is -2.39. The van der Waals surface area contributed by atoms with Crippen LogP contribution >= 0.6 is 0 Å². The van der Waals surface area contributed by atoms with Crippen LogP contribution in [0.3, 0.4) is 0 Å². The van der Waals surface area contributed by atoms with E-state index >= 15 is 0 Å². The summed E-state index contributed by atoms with van der Waals surface area (Å²) >= 11 is 0. The Balaban J connectivity index is 1.84. The zero-order valence-corrected chi connectivity index (χ0v) is 14.2. The smallest absolute Gasteiger partial charge is 0.147 e. The Morgan fingerprint density at radius 2 is 2.25 bits per heavy atom. The van der Waals surface area contributed by atoms with E-state index in [0.717, 1.165) is 48.7 Å². The van der Waals surface area contributed by atoms with Crippen LogP contribution in [0.2, 0.25) is 0 Å².